The molecule has 1 saturated carbocycles. The average Bonchev–Trinajstić information content (AvgIpc) is 2.82. The van der Waals surface area contributed by atoms with Crippen molar-refractivity contribution in [2.24, 2.45) is 5.92 Å². The van der Waals surface area contributed by atoms with Crippen molar-refractivity contribution in [2.45, 2.75) is 37.9 Å². The highest BCUT2D eigenvalue weighted by molar-refractivity contribution is 5.41. The fraction of sp³-hybridized carbons (Fsp3) is 0.727. The molecule has 0 aromatic carbocycles. The summed E-state index contributed by atoms with van der Waals surface area (Å²) in [6.45, 7) is 2.45. The molecule has 94 valence electrons. The predicted octanol–water partition coefficient (Wildman–Crippen LogP) is 2.93. The molecule has 0 radical (unpaired) electrons. The molecule has 3 unspecified atom stereocenters. The summed E-state index contributed by atoms with van der Waals surface area (Å²) in [6.07, 6.45) is -3.12. The average molecular weight is 245 g/mol. The van der Waals surface area contributed by atoms with Crippen LogP contribution in [-0.2, 0) is 0 Å². The van der Waals surface area contributed by atoms with Crippen LogP contribution in [0.15, 0.2) is 6.07 Å². The number of rotatable bonds is 1. The van der Waals surface area contributed by atoms with E-state index in [2.05, 4.69) is 17.3 Å². The minimum absolute atomic E-state index is 0.0534. The van der Waals surface area contributed by atoms with Crippen LogP contribution in [0.4, 0.5) is 19.0 Å². The molecular formula is C11H14F3N3. The number of alkyl halides is 3. The first-order valence-corrected chi connectivity index (χ1v) is 5.87. The van der Waals surface area contributed by atoms with Crippen LogP contribution in [0, 0.1) is 5.92 Å². The van der Waals surface area contributed by atoms with Gasteiger partial charge in [-0.15, -0.1) is 0 Å². The molecule has 1 aliphatic carbocycles. The fourth-order valence-electron chi connectivity index (χ4n) is 2.46. The van der Waals surface area contributed by atoms with Gasteiger partial charge in [-0.1, -0.05) is 6.92 Å². The van der Waals surface area contributed by atoms with E-state index >= 15 is 0 Å². The summed E-state index contributed by atoms with van der Waals surface area (Å²) in [5.74, 6) is 1.41. The molecule has 1 aromatic rings. The SMILES string of the molecule is CC1CC1c1cc2n(n1)C(C(F)(F)F)CCN2. The fourth-order valence-corrected chi connectivity index (χ4v) is 2.46. The molecule has 1 N–H and O–H groups in total. The lowest BCUT2D eigenvalue weighted by Crippen LogP contribution is -2.33. The van der Waals surface area contributed by atoms with Crippen molar-refractivity contribution >= 4 is 5.82 Å². The van der Waals surface area contributed by atoms with Crippen LogP contribution < -0.4 is 5.32 Å². The maximum absolute atomic E-state index is 12.8. The van der Waals surface area contributed by atoms with Crippen molar-refractivity contribution in [3.8, 4) is 0 Å². The second kappa shape index (κ2) is 3.40. The Morgan fingerprint density at radius 2 is 2.18 bits per heavy atom. The molecular weight excluding hydrogens is 231 g/mol. The van der Waals surface area contributed by atoms with E-state index in [0.717, 1.165) is 16.8 Å². The normalized spacial score (nSPS) is 31.9. The first-order chi connectivity index (χ1) is 7.97. The molecule has 3 atom stereocenters. The minimum Gasteiger partial charge on any atom is -0.370 e. The van der Waals surface area contributed by atoms with Crippen molar-refractivity contribution in [3.63, 3.8) is 0 Å². The lowest BCUT2D eigenvalue weighted by atomic mass is 10.1. The van der Waals surface area contributed by atoms with E-state index in [1.165, 1.54) is 0 Å². The molecule has 6 heteroatoms. The van der Waals surface area contributed by atoms with E-state index in [4.69, 9.17) is 0 Å². The lowest BCUT2D eigenvalue weighted by molar-refractivity contribution is -0.171. The number of fused-ring (bicyclic) bond motifs is 1. The van der Waals surface area contributed by atoms with Gasteiger partial charge < -0.3 is 5.32 Å². The van der Waals surface area contributed by atoms with Gasteiger partial charge in [0.1, 0.15) is 5.82 Å². The van der Waals surface area contributed by atoms with E-state index < -0.39 is 12.2 Å². The van der Waals surface area contributed by atoms with Gasteiger partial charge in [0.2, 0.25) is 0 Å². The summed E-state index contributed by atoms with van der Waals surface area (Å²) >= 11 is 0. The van der Waals surface area contributed by atoms with Gasteiger partial charge >= 0.3 is 6.18 Å². The van der Waals surface area contributed by atoms with Crippen LogP contribution in [0.2, 0.25) is 0 Å². The zero-order chi connectivity index (χ0) is 12.2. The Morgan fingerprint density at radius 1 is 1.47 bits per heavy atom. The first-order valence-electron chi connectivity index (χ1n) is 5.87. The molecule has 0 amide bonds. The molecule has 3 rings (SSSR count). The molecule has 17 heavy (non-hydrogen) atoms. The zero-order valence-corrected chi connectivity index (χ0v) is 9.46. The number of hydrogen-bond acceptors (Lipinski definition) is 2. The van der Waals surface area contributed by atoms with Gasteiger partial charge in [-0.25, -0.2) is 4.68 Å². The molecule has 0 bridgehead atoms. The third kappa shape index (κ3) is 1.79. The Kier molecular flexibility index (Phi) is 2.18. The van der Waals surface area contributed by atoms with Crippen LogP contribution in [0.5, 0.6) is 0 Å². The highest BCUT2D eigenvalue weighted by Gasteiger charge is 2.45. The van der Waals surface area contributed by atoms with Crippen molar-refractivity contribution in [1.82, 2.24) is 9.78 Å². The molecule has 3 nitrogen and oxygen atoms in total. The minimum atomic E-state index is -4.21. The number of halogens is 3. The van der Waals surface area contributed by atoms with Crippen LogP contribution >= 0.6 is 0 Å². The van der Waals surface area contributed by atoms with Gasteiger partial charge in [0, 0.05) is 18.5 Å². The van der Waals surface area contributed by atoms with E-state index in [-0.39, 0.29) is 6.42 Å². The molecule has 0 saturated heterocycles. The van der Waals surface area contributed by atoms with Crippen LogP contribution in [0.3, 0.4) is 0 Å². The Morgan fingerprint density at radius 3 is 2.76 bits per heavy atom. The van der Waals surface area contributed by atoms with Crippen molar-refractivity contribution in [3.05, 3.63) is 11.8 Å². The second-order valence-electron chi connectivity index (χ2n) is 4.99. The van der Waals surface area contributed by atoms with E-state index in [0.29, 0.717) is 24.2 Å². The number of hydrogen-bond donors (Lipinski definition) is 1. The van der Waals surface area contributed by atoms with Gasteiger partial charge in [-0.05, 0) is 18.8 Å². The van der Waals surface area contributed by atoms with Gasteiger partial charge in [-0.3, -0.25) is 0 Å². The molecule has 2 heterocycles. The van der Waals surface area contributed by atoms with Gasteiger partial charge in [-0.2, -0.15) is 18.3 Å². The van der Waals surface area contributed by atoms with Crippen molar-refractivity contribution in [1.29, 1.82) is 0 Å². The lowest BCUT2D eigenvalue weighted by Gasteiger charge is -2.27. The summed E-state index contributed by atoms with van der Waals surface area (Å²) in [7, 11) is 0. The van der Waals surface area contributed by atoms with Crippen molar-refractivity contribution < 1.29 is 13.2 Å². The van der Waals surface area contributed by atoms with Gasteiger partial charge in [0.25, 0.3) is 0 Å². The number of nitrogens with zero attached hydrogens (tertiary/aromatic N) is 2. The maximum Gasteiger partial charge on any atom is 0.410 e. The summed E-state index contributed by atoms with van der Waals surface area (Å²) in [6, 6.07) is 0.299. The van der Waals surface area contributed by atoms with Crippen molar-refractivity contribution in [2.75, 3.05) is 11.9 Å². The number of nitrogens with one attached hydrogen (secondary N) is 1. The maximum atomic E-state index is 12.8. The van der Waals surface area contributed by atoms with E-state index in [9.17, 15) is 13.2 Å². The van der Waals surface area contributed by atoms with Crippen LogP contribution in [0.25, 0.3) is 0 Å². The predicted molar refractivity (Wildman–Crippen MR) is 56.9 cm³/mol. The van der Waals surface area contributed by atoms with E-state index in [1.807, 2.05) is 0 Å². The quantitative estimate of drug-likeness (QED) is 0.824. The summed E-state index contributed by atoms with van der Waals surface area (Å²) in [5, 5.41) is 7.13. The van der Waals surface area contributed by atoms with Gasteiger partial charge in [0.05, 0.1) is 5.69 Å². The van der Waals surface area contributed by atoms with Gasteiger partial charge in [0.15, 0.2) is 6.04 Å². The molecule has 1 aliphatic heterocycles. The second-order valence-corrected chi connectivity index (χ2v) is 4.99. The van der Waals surface area contributed by atoms with Crippen LogP contribution in [0.1, 0.15) is 37.4 Å². The highest BCUT2D eigenvalue weighted by atomic mass is 19.4. The smallest absolute Gasteiger partial charge is 0.370 e. The standard InChI is InChI=1S/C11H14F3N3/c1-6-4-7(6)8-5-10-15-3-2-9(11(12,13)14)17(10)16-8/h5-7,9,15H,2-4H2,1H3. The Labute approximate surface area is 97.0 Å². The molecule has 1 aromatic heterocycles. The third-order valence-electron chi connectivity index (χ3n) is 3.64. The summed E-state index contributed by atoms with van der Waals surface area (Å²) in [4.78, 5) is 0. The molecule has 0 spiro atoms. The number of anilines is 1. The largest absolute Gasteiger partial charge is 0.410 e. The highest BCUT2D eigenvalue weighted by Crippen LogP contribution is 2.48. The monoisotopic (exact) mass is 245 g/mol. The Hall–Kier alpha value is -1.20. The number of aromatic nitrogens is 2. The molecule has 1 fully saturated rings. The Balaban J connectivity index is 1.94. The molecule has 2 aliphatic rings. The third-order valence-corrected chi connectivity index (χ3v) is 3.64. The summed E-state index contributed by atoms with van der Waals surface area (Å²) < 4.78 is 39.6. The first kappa shape index (κ1) is 10.9. The summed E-state index contributed by atoms with van der Waals surface area (Å²) in [5.41, 5.74) is 0.802. The zero-order valence-electron chi connectivity index (χ0n) is 9.46. The van der Waals surface area contributed by atoms with E-state index in [1.54, 1.807) is 6.07 Å². The Bertz CT molecular complexity index is 438. The topological polar surface area (TPSA) is 29.9 Å². The van der Waals surface area contributed by atoms with Crippen LogP contribution in [-0.4, -0.2) is 22.5 Å².